The molecule has 1 saturated heterocycles. The van der Waals surface area contributed by atoms with Crippen LogP contribution < -0.4 is 15.4 Å². The Bertz CT molecular complexity index is 800. The molecule has 1 fully saturated rings. The molecule has 2 aromatic rings. The van der Waals surface area contributed by atoms with Crippen molar-refractivity contribution in [2.24, 2.45) is 0 Å². The molecule has 2 N–H and O–H groups in total. The van der Waals surface area contributed by atoms with Crippen molar-refractivity contribution in [1.82, 2.24) is 20.1 Å². The molecule has 0 unspecified atom stereocenters. The summed E-state index contributed by atoms with van der Waals surface area (Å²) in [4.78, 5) is 32.8. The summed E-state index contributed by atoms with van der Waals surface area (Å²) < 4.78 is 5.12. The lowest BCUT2D eigenvalue weighted by Crippen LogP contribution is -2.48. The van der Waals surface area contributed by atoms with Crippen LogP contribution in [0.4, 0.5) is 9.93 Å². The number of carbonyl (C=O) groups excluding carboxylic acids is 2. The van der Waals surface area contributed by atoms with Crippen molar-refractivity contribution in [1.29, 1.82) is 0 Å². The summed E-state index contributed by atoms with van der Waals surface area (Å²) in [5.74, 6) is 0.668. The SMILES string of the molecule is COc1ccc(CNC(=O)Cc2csc(NC(=O)N3CCN(C)CC3)n2)cc1. The van der Waals surface area contributed by atoms with E-state index in [1.54, 1.807) is 17.4 Å². The average Bonchev–Trinajstić information content (AvgIpc) is 3.13. The minimum atomic E-state index is -0.141. The number of carbonyl (C=O) groups is 2. The maximum absolute atomic E-state index is 12.3. The number of piperazine rings is 1. The molecule has 1 aliphatic rings. The number of nitrogens with one attached hydrogen (secondary N) is 2. The molecule has 2 heterocycles. The Balaban J connectivity index is 1.44. The van der Waals surface area contributed by atoms with E-state index in [4.69, 9.17) is 4.74 Å². The molecule has 0 aliphatic carbocycles. The van der Waals surface area contributed by atoms with Gasteiger partial charge in [0.05, 0.1) is 19.2 Å². The fourth-order valence-electron chi connectivity index (χ4n) is 2.80. The minimum Gasteiger partial charge on any atom is -0.497 e. The third-order valence-corrected chi connectivity index (χ3v) is 5.35. The average molecular weight is 404 g/mol. The quantitative estimate of drug-likeness (QED) is 0.768. The molecule has 150 valence electrons. The number of anilines is 1. The lowest BCUT2D eigenvalue weighted by atomic mass is 10.2. The van der Waals surface area contributed by atoms with E-state index < -0.39 is 0 Å². The van der Waals surface area contributed by atoms with Crippen LogP contribution in [0.3, 0.4) is 0 Å². The summed E-state index contributed by atoms with van der Waals surface area (Å²) in [7, 11) is 3.66. The molecule has 8 nitrogen and oxygen atoms in total. The lowest BCUT2D eigenvalue weighted by molar-refractivity contribution is -0.120. The summed E-state index contributed by atoms with van der Waals surface area (Å²) in [6, 6.07) is 7.40. The van der Waals surface area contributed by atoms with Crippen molar-refractivity contribution < 1.29 is 14.3 Å². The predicted molar refractivity (Wildman–Crippen MR) is 109 cm³/mol. The molecule has 0 bridgehead atoms. The second-order valence-electron chi connectivity index (χ2n) is 6.67. The predicted octanol–water partition coefficient (Wildman–Crippen LogP) is 1.79. The number of hydrogen-bond acceptors (Lipinski definition) is 6. The molecule has 1 aromatic carbocycles. The first-order chi connectivity index (χ1) is 13.5. The maximum Gasteiger partial charge on any atom is 0.323 e. The zero-order valence-electron chi connectivity index (χ0n) is 16.1. The van der Waals surface area contributed by atoms with Gasteiger partial charge in [-0.2, -0.15) is 0 Å². The number of nitrogens with zero attached hydrogens (tertiary/aromatic N) is 3. The first-order valence-electron chi connectivity index (χ1n) is 9.12. The summed E-state index contributed by atoms with van der Waals surface area (Å²) in [5, 5.41) is 8.01. The van der Waals surface area contributed by atoms with Crippen LogP contribution in [0.15, 0.2) is 29.6 Å². The van der Waals surface area contributed by atoms with Crippen molar-refractivity contribution in [2.75, 3.05) is 45.7 Å². The van der Waals surface area contributed by atoms with Crippen LogP contribution >= 0.6 is 11.3 Å². The standard InChI is InChI=1S/C19H25N5O3S/c1-23-7-9-24(10-8-23)19(26)22-18-21-15(13-28-18)11-17(25)20-12-14-3-5-16(27-2)6-4-14/h3-6,13H,7-12H2,1-2H3,(H,20,25)(H,21,22,26). The van der Waals surface area contributed by atoms with E-state index in [2.05, 4.69) is 20.5 Å². The van der Waals surface area contributed by atoms with Crippen LogP contribution in [0.5, 0.6) is 5.75 Å². The van der Waals surface area contributed by atoms with Crippen molar-refractivity contribution in [3.8, 4) is 5.75 Å². The lowest BCUT2D eigenvalue weighted by Gasteiger charge is -2.32. The van der Waals surface area contributed by atoms with E-state index in [-0.39, 0.29) is 18.4 Å². The molecule has 1 aromatic heterocycles. The number of thiazole rings is 1. The number of amides is 3. The molecule has 1 aliphatic heterocycles. The normalized spacial score (nSPS) is 14.6. The van der Waals surface area contributed by atoms with E-state index in [9.17, 15) is 9.59 Å². The molecule has 3 rings (SSSR count). The smallest absolute Gasteiger partial charge is 0.323 e. The molecule has 3 amide bonds. The molecular formula is C19H25N5O3S. The maximum atomic E-state index is 12.3. The van der Waals surface area contributed by atoms with Crippen LogP contribution in [0.1, 0.15) is 11.3 Å². The molecule has 28 heavy (non-hydrogen) atoms. The van der Waals surface area contributed by atoms with Crippen molar-refractivity contribution in [3.05, 3.63) is 40.9 Å². The fraction of sp³-hybridized carbons (Fsp3) is 0.421. The van der Waals surface area contributed by atoms with Gasteiger partial charge in [0.1, 0.15) is 5.75 Å². The number of likely N-dealkylation sites (N-methyl/N-ethyl adjacent to an activating group) is 1. The van der Waals surface area contributed by atoms with E-state index in [0.717, 1.165) is 24.4 Å². The Morgan fingerprint density at radius 2 is 1.89 bits per heavy atom. The number of benzene rings is 1. The number of hydrogen-bond donors (Lipinski definition) is 2. The molecule has 9 heteroatoms. The van der Waals surface area contributed by atoms with Gasteiger partial charge >= 0.3 is 6.03 Å². The number of ether oxygens (including phenoxy) is 1. The monoisotopic (exact) mass is 403 g/mol. The Kier molecular flexibility index (Phi) is 6.83. The Morgan fingerprint density at radius 1 is 1.18 bits per heavy atom. The number of aromatic nitrogens is 1. The van der Waals surface area contributed by atoms with E-state index in [1.165, 1.54) is 11.3 Å². The van der Waals surface area contributed by atoms with Gasteiger partial charge in [0.25, 0.3) is 0 Å². The second kappa shape index (κ2) is 9.52. The Labute approximate surface area is 168 Å². The van der Waals surface area contributed by atoms with Gasteiger partial charge in [-0.15, -0.1) is 11.3 Å². The summed E-state index contributed by atoms with van der Waals surface area (Å²) >= 11 is 1.33. The van der Waals surface area contributed by atoms with Crippen LogP contribution in [-0.4, -0.2) is 67.1 Å². The van der Waals surface area contributed by atoms with Gasteiger partial charge in [-0.05, 0) is 24.7 Å². The van der Waals surface area contributed by atoms with Crippen LogP contribution in [-0.2, 0) is 17.8 Å². The topological polar surface area (TPSA) is 86.8 Å². The van der Waals surface area contributed by atoms with Gasteiger partial charge < -0.3 is 19.9 Å². The molecule has 0 radical (unpaired) electrons. The summed E-state index contributed by atoms with van der Waals surface area (Å²) in [5.41, 5.74) is 1.64. The summed E-state index contributed by atoms with van der Waals surface area (Å²) in [6.45, 7) is 3.58. The largest absolute Gasteiger partial charge is 0.497 e. The zero-order valence-corrected chi connectivity index (χ0v) is 16.9. The van der Waals surface area contributed by atoms with Gasteiger partial charge in [-0.25, -0.2) is 9.78 Å². The molecule has 0 atom stereocenters. The van der Waals surface area contributed by atoms with Crippen LogP contribution in [0, 0.1) is 0 Å². The third kappa shape index (κ3) is 5.67. The highest BCUT2D eigenvalue weighted by atomic mass is 32.1. The Morgan fingerprint density at radius 3 is 2.57 bits per heavy atom. The van der Waals surface area contributed by atoms with Gasteiger partial charge in [-0.1, -0.05) is 12.1 Å². The van der Waals surface area contributed by atoms with E-state index in [1.807, 2.05) is 31.3 Å². The van der Waals surface area contributed by atoms with Crippen molar-refractivity contribution >= 4 is 28.4 Å². The highest BCUT2D eigenvalue weighted by Gasteiger charge is 2.20. The Hall–Kier alpha value is -2.65. The highest BCUT2D eigenvalue weighted by Crippen LogP contribution is 2.17. The fourth-order valence-corrected chi connectivity index (χ4v) is 3.50. The molecule has 0 spiro atoms. The first-order valence-corrected chi connectivity index (χ1v) is 10.00. The highest BCUT2D eigenvalue weighted by molar-refractivity contribution is 7.13. The minimum absolute atomic E-state index is 0.113. The van der Waals surface area contributed by atoms with Crippen molar-refractivity contribution in [2.45, 2.75) is 13.0 Å². The number of rotatable bonds is 6. The van der Waals surface area contributed by atoms with Gasteiger partial charge in [-0.3, -0.25) is 10.1 Å². The van der Waals surface area contributed by atoms with Gasteiger partial charge in [0, 0.05) is 38.1 Å². The van der Waals surface area contributed by atoms with Crippen LogP contribution in [0.2, 0.25) is 0 Å². The van der Waals surface area contributed by atoms with Gasteiger partial charge in [0.2, 0.25) is 5.91 Å². The van der Waals surface area contributed by atoms with Crippen LogP contribution in [0.25, 0.3) is 0 Å². The van der Waals surface area contributed by atoms with E-state index in [0.29, 0.717) is 30.5 Å². The second-order valence-corrected chi connectivity index (χ2v) is 7.52. The number of methoxy groups -OCH3 is 1. The summed E-state index contributed by atoms with van der Waals surface area (Å²) in [6.07, 6.45) is 0.178. The molecule has 0 saturated carbocycles. The van der Waals surface area contributed by atoms with E-state index >= 15 is 0 Å². The zero-order chi connectivity index (χ0) is 19.9. The molecular weight excluding hydrogens is 378 g/mol. The third-order valence-electron chi connectivity index (χ3n) is 4.55. The first kappa shape index (κ1) is 20.1. The number of urea groups is 1. The van der Waals surface area contributed by atoms with Crippen molar-refractivity contribution in [3.63, 3.8) is 0 Å². The van der Waals surface area contributed by atoms with Gasteiger partial charge in [0.15, 0.2) is 5.13 Å².